The number of hydrogen-bond acceptors (Lipinski definition) is 2. The third-order valence-electron chi connectivity index (χ3n) is 3.57. The summed E-state index contributed by atoms with van der Waals surface area (Å²) in [5.41, 5.74) is 7.16. The molecule has 3 N–H and O–H groups in total. The minimum atomic E-state index is -0.442. The van der Waals surface area contributed by atoms with E-state index in [2.05, 4.69) is 31.9 Å². The van der Waals surface area contributed by atoms with Crippen molar-refractivity contribution < 1.29 is 5.11 Å². The van der Waals surface area contributed by atoms with Gasteiger partial charge in [-0.15, -0.1) is 12.4 Å². The summed E-state index contributed by atoms with van der Waals surface area (Å²) < 4.78 is 1.95. The summed E-state index contributed by atoms with van der Waals surface area (Å²) in [4.78, 5) is 0. The normalized spacial score (nSPS) is 19.3. The minimum Gasteiger partial charge on any atom is -0.391 e. The Bertz CT molecular complexity index is 397. The Morgan fingerprint density at radius 2 is 1.83 bits per heavy atom. The molecule has 0 saturated heterocycles. The molecule has 0 bridgehead atoms. The Balaban J connectivity index is 0.00000162. The molecule has 0 unspecified atom stereocenters. The van der Waals surface area contributed by atoms with Crippen LogP contribution in [0.2, 0.25) is 0 Å². The summed E-state index contributed by atoms with van der Waals surface area (Å²) in [6.07, 6.45) is 4.19. The maximum atomic E-state index is 10.3. The first-order chi connectivity index (χ1) is 8.09. The molecule has 1 aromatic rings. The molecule has 1 aliphatic rings. The van der Waals surface area contributed by atoms with Gasteiger partial charge in [-0.25, -0.2) is 0 Å². The molecule has 1 aromatic carbocycles. The van der Waals surface area contributed by atoms with Gasteiger partial charge in [0, 0.05) is 8.95 Å². The summed E-state index contributed by atoms with van der Waals surface area (Å²) in [6.45, 7) is 0. The highest BCUT2D eigenvalue weighted by atomic mass is 79.9. The topological polar surface area (TPSA) is 46.2 Å². The second-order valence-electron chi connectivity index (χ2n) is 4.73. The van der Waals surface area contributed by atoms with E-state index >= 15 is 0 Å². The van der Waals surface area contributed by atoms with Crippen LogP contribution in [0.1, 0.15) is 37.3 Å². The van der Waals surface area contributed by atoms with Gasteiger partial charge in [-0.2, -0.15) is 0 Å². The predicted molar refractivity (Wildman–Crippen MR) is 84.0 cm³/mol. The molecule has 5 heteroatoms. The van der Waals surface area contributed by atoms with Crippen molar-refractivity contribution in [1.29, 1.82) is 0 Å². The lowest BCUT2D eigenvalue weighted by molar-refractivity contribution is 0.0842. The zero-order chi connectivity index (χ0) is 12.4. The Morgan fingerprint density at radius 1 is 1.22 bits per heavy atom. The van der Waals surface area contributed by atoms with E-state index < -0.39 is 6.10 Å². The molecule has 0 amide bonds. The molecule has 18 heavy (non-hydrogen) atoms. The highest BCUT2D eigenvalue weighted by Gasteiger charge is 2.29. The van der Waals surface area contributed by atoms with E-state index in [1.165, 1.54) is 12.8 Å². The van der Waals surface area contributed by atoms with Crippen LogP contribution >= 0.6 is 44.3 Å². The Morgan fingerprint density at radius 3 is 2.44 bits per heavy atom. The fourth-order valence-corrected chi connectivity index (χ4v) is 3.44. The van der Waals surface area contributed by atoms with Crippen molar-refractivity contribution in [2.45, 2.75) is 37.8 Å². The quantitative estimate of drug-likeness (QED) is 0.801. The Hall–Kier alpha value is 0.390. The third kappa shape index (κ3) is 3.70. The summed E-state index contributed by atoms with van der Waals surface area (Å²) in [7, 11) is 0. The molecule has 2 atom stereocenters. The second kappa shape index (κ2) is 7.25. The van der Waals surface area contributed by atoms with E-state index in [0.717, 1.165) is 27.4 Å². The van der Waals surface area contributed by atoms with Crippen molar-refractivity contribution >= 4 is 44.3 Å². The van der Waals surface area contributed by atoms with Gasteiger partial charge in [-0.05, 0) is 42.5 Å². The van der Waals surface area contributed by atoms with Crippen LogP contribution in [0.4, 0.5) is 0 Å². The second-order valence-corrected chi connectivity index (χ2v) is 6.50. The van der Waals surface area contributed by atoms with E-state index in [9.17, 15) is 5.11 Å². The lowest BCUT2D eigenvalue weighted by atomic mass is 9.91. The van der Waals surface area contributed by atoms with Crippen LogP contribution in [-0.4, -0.2) is 11.2 Å². The molecule has 2 nitrogen and oxygen atoms in total. The van der Waals surface area contributed by atoms with Crippen molar-refractivity contribution in [1.82, 2.24) is 0 Å². The molecule has 0 heterocycles. The summed E-state index contributed by atoms with van der Waals surface area (Å²) >= 11 is 6.94. The number of hydrogen-bond donors (Lipinski definition) is 2. The molecule has 2 rings (SSSR count). The SMILES string of the molecule is Cl.N[C@@H](c1cc(Br)ccc1Br)[C@H](O)C1CCCC1. The zero-order valence-corrected chi connectivity index (χ0v) is 14.0. The van der Waals surface area contributed by atoms with Crippen molar-refractivity contribution in [3.63, 3.8) is 0 Å². The summed E-state index contributed by atoms with van der Waals surface area (Å²) in [5.74, 6) is 0.357. The van der Waals surface area contributed by atoms with Crippen molar-refractivity contribution in [2.24, 2.45) is 11.7 Å². The van der Waals surface area contributed by atoms with Crippen molar-refractivity contribution in [2.75, 3.05) is 0 Å². The van der Waals surface area contributed by atoms with Gasteiger partial charge in [0.25, 0.3) is 0 Å². The van der Waals surface area contributed by atoms with Gasteiger partial charge in [-0.3, -0.25) is 0 Å². The van der Waals surface area contributed by atoms with E-state index in [1.54, 1.807) is 0 Å². The van der Waals surface area contributed by atoms with Crippen LogP contribution in [0, 0.1) is 5.92 Å². The Kier molecular flexibility index (Phi) is 6.62. The van der Waals surface area contributed by atoms with Gasteiger partial charge in [0.05, 0.1) is 12.1 Å². The lowest BCUT2D eigenvalue weighted by Gasteiger charge is -2.25. The van der Waals surface area contributed by atoms with E-state index in [0.29, 0.717) is 5.92 Å². The maximum absolute atomic E-state index is 10.3. The zero-order valence-electron chi connectivity index (χ0n) is 9.98. The predicted octanol–water partition coefficient (Wildman–Crippen LogP) is 4.18. The molecular weight excluding hydrogens is 381 g/mol. The first kappa shape index (κ1) is 16.4. The molecular formula is C13H18Br2ClNO. The Labute approximate surface area is 131 Å². The van der Waals surface area contributed by atoms with E-state index in [1.807, 2.05) is 18.2 Å². The lowest BCUT2D eigenvalue weighted by Crippen LogP contribution is -2.32. The average Bonchev–Trinajstić information content (AvgIpc) is 2.84. The van der Waals surface area contributed by atoms with E-state index in [-0.39, 0.29) is 18.4 Å². The van der Waals surface area contributed by atoms with Crippen molar-refractivity contribution in [3.05, 3.63) is 32.7 Å². The number of halogens is 3. The number of aliphatic hydroxyl groups excluding tert-OH is 1. The molecule has 1 fully saturated rings. The number of nitrogens with two attached hydrogens (primary N) is 1. The maximum Gasteiger partial charge on any atom is 0.0761 e. The van der Waals surface area contributed by atoms with Crippen LogP contribution < -0.4 is 5.73 Å². The minimum absolute atomic E-state index is 0. The smallest absolute Gasteiger partial charge is 0.0761 e. The van der Waals surface area contributed by atoms with E-state index in [4.69, 9.17) is 5.73 Å². The summed E-state index contributed by atoms with van der Waals surface area (Å²) in [5, 5.41) is 10.3. The molecule has 0 aromatic heterocycles. The fraction of sp³-hybridized carbons (Fsp3) is 0.538. The number of rotatable bonds is 3. The molecule has 0 radical (unpaired) electrons. The van der Waals surface area contributed by atoms with Crippen LogP contribution in [0.5, 0.6) is 0 Å². The van der Waals surface area contributed by atoms with Gasteiger partial charge in [0.1, 0.15) is 0 Å². The molecule has 1 saturated carbocycles. The van der Waals surface area contributed by atoms with Gasteiger partial charge in [0.15, 0.2) is 0 Å². The van der Waals surface area contributed by atoms with Gasteiger partial charge in [-0.1, -0.05) is 44.7 Å². The van der Waals surface area contributed by atoms with Crippen molar-refractivity contribution in [3.8, 4) is 0 Å². The first-order valence-electron chi connectivity index (χ1n) is 5.98. The molecule has 1 aliphatic carbocycles. The monoisotopic (exact) mass is 397 g/mol. The third-order valence-corrected chi connectivity index (χ3v) is 4.78. The van der Waals surface area contributed by atoms with Crippen LogP contribution in [-0.2, 0) is 0 Å². The van der Waals surface area contributed by atoms with Crippen LogP contribution in [0.25, 0.3) is 0 Å². The van der Waals surface area contributed by atoms with Gasteiger partial charge < -0.3 is 10.8 Å². The molecule has 0 spiro atoms. The van der Waals surface area contributed by atoms with Crippen LogP contribution in [0.3, 0.4) is 0 Å². The number of benzene rings is 1. The molecule has 0 aliphatic heterocycles. The first-order valence-corrected chi connectivity index (χ1v) is 7.57. The highest BCUT2D eigenvalue weighted by molar-refractivity contribution is 9.11. The van der Waals surface area contributed by atoms with Gasteiger partial charge >= 0.3 is 0 Å². The number of aliphatic hydroxyl groups is 1. The van der Waals surface area contributed by atoms with Gasteiger partial charge in [0.2, 0.25) is 0 Å². The standard InChI is InChI=1S/C13H17Br2NO.ClH/c14-9-5-6-11(15)10(7-9)12(16)13(17)8-3-1-2-4-8;/h5-8,12-13,17H,1-4,16H2;1H/t12-,13+;/m0./s1. The largest absolute Gasteiger partial charge is 0.391 e. The van der Waals surface area contributed by atoms with Crippen LogP contribution in [0.15, 0.2) is 27.1 Å². The fourth-order valence-electron chi connectivity index (χ4n) is 2.55. The average molecular weight is 400 g/mol. The highest BCUT2D eigenvalue weighted by Crippen LogP contribution is 2.35. The molecule has 102 valence electrons. The summed E-state index contributed by atoms with van der Waals surface area (Å²) in [6, 6.07) is 5.58.